The van der Waals surface area contributed by atoms with Gasteiger partial charge >= 0.3 is 5.97 Å². The molecule has 35 heavy (non-hydrogen) atoms. The highest BCUT2D eigenvalue weighted by molar-refractivity contribution is 5.96. The number of para-hydroxylation sites is 1. The second-order valence-electron chi connectivity index (χ2n) is 6.96. The van der Waals surface area contributed by atoms with Crippen molar-refractivity contribution in [2.45, 2.75) is 20.8 Å². The average Bonchev–Trinajstić information content (AvgIpc) is 3.48. The van der Waals surface area contributed by atoms with Crippen molar-refractivity contribution in [1.82, 2.24) is 34.5 Å². The Balaban J connectivity index is 0.00000167. The standard InChI is InChI=1S/C21H23N9O3.C2H6/c1-5-33-20(31)15-10-22-21(25-13-9-24-29(2)11-13)27-19(15)26-16-8-6-7-14(17(16)32-4)18-23-12-30(3)28-18;1-2/h6-12H,5H2,1-4H3,(H2,22,25,26,27);1-2H3. The molecule has 12 nitrogen and oxygen atoms in total. The van der Waals surface area contributed by atoms with Gasteiger partial charge in [-0.05, 0) is 19.1 Å². The fourth-order valence-corrected chi connectivity index (χ4v) is 3.13. The average molecular weight is 480 g/mol. The number of nitrogens with one attached hydrogen (secondary N) is 2. The highest BCUT2D eigenvalue weighted by Crippen LogP contribution is 2.36. The molecule has 0 amide bonds. The Morgan fingerprint density at radius 3 is 2.51 bits per heavy atom. The topological polar surface area (TPSA) is 134 Å². The van der Waals surface area contributed by atoms with E-state index >= 15 is 0 Å². The van der Waals surface area contributed by atoms with Gasteiger partial charge in [-0.3, -0.25) is 9.36 Å². The van der Waals surface area contributed by atoms with Gasteiger partial charge in [-0.1, -0.05) is 19.9 Å². The molecule has 0 spiro atoms. The SMILES string of the molecule is CC.CCOC(=O)c1cnc(Nc2cnn(C)c2)nc1Nc1cccc(-c2ncn(C)n2)c1OC. The summed E-state index contributed by atoms with van der Waals surface area (Å²) in [5.74, 6) is 0.984. The Morgan fingerprint density at radius 2 is 1.89 bits per heavy atom. The lowest BCUT2D eigenvalue weighted by molar-refractivity contribution is 0.0526. The van der Waals surface area contributed by atoms with Crippen LogP contribution in [0.15, 0.2) is 43.1 Å². The van der Waals surface area contributed by atoms with Crippen molar-refractivity contribution in [3.8, 4) is 17.1 Å². The maximum Gasteiger partial charge on any atom is 0.343 e. The van der Waals surface area contributed by atoms with Gasteiger partial charge in [-0.25, -0.2) is 14.8 Å². The molecule has 0 fully saturated rings. The third-order valence-corrected chi connectivity index (χ3v) is 4.56. The molecule has 0 saturated carbocycles. The van der Waals surface area contributed by atoms with Crippen LogP contribution in [0, 0.1) is 0 Å². The maximum atomic E-state index is 12.5. The van der Waals surface area contributed by atoms with Crippen molar-refractivity contribution in [2.24, 2.45) is 14.1 Å². The van der Waals surface area contributed by atoms with Crippen LogP contribution in [0.4, 0.5) is 23.1 Å². The number of carbonyl (C=O) groups excluding carboxylic acids is 1. The molecule has 0 bridgehead atoms. The number of aromatic nitrogens is 7. The second-order valence-corrected chi connectivity index (χ2v) is 6.96. The van der Waals surface area contributed by atoms with E-state index in [0.29, 0.717) is 28.5 Å². The molecule has 0 saturated heterocycles. The number of anilines is 4. The van der Waals surface area contributed by atoms with Crippen LogP contribution in [-0.4, -0.2) is 54.2 Å². The third-order valence-electron chi connectivity index (χ3n) is 4.56. The molecule has 3 heterocycles. The Hall–Kier alpha value is -4.48. The van der Waals surface area contributed by atoms with Gasteiger partial charge in [0.1, 0.15) is 11.9 Å². The van der Waals surface area contributed by atoms with E-state index in [1.54, 1.807) is 62.3 Å². The molecule has 0 unspecified atom stereocenters. The fourth-order valence-electron chi connectivity index (χ4n) is 3.13. The summed E-state index contributed by atoms with van der Waals surface area (Å²) in [4.78, 5) is 25.6. The highest BCUT2D eigenvalue weighted by Gasteiger charge is 2.20. The van der Waals surface area contributed by atoms with Crippen molar-refractivity contribution in [3.05, 3.63) is 48.7 Å². The molecular formula is C23H29N9O3. The number of nitrogens with zero attached hydrogens (tertiary/aromatic N) is 7. The van der Waals surface area contributed by atoms with Gasteiger partial charge in [0.15, 0.2) is 17.4 Å². The number of methoxy groups -OCH3 is 1. The highest BCUT2D eigenvalue weighted by atomic mass is 16.5. The van der Waals surface area contributed by atoms with Gasteiger partial charge in [0.2, 0.25) is 5.95 Å². The normalized spacial score (nSPS) is 10.2. The van der Waals surface area contributed by atoms with Crippen LogP contribution in [-0.2, 0) is 18.8 Å². The quantitative estimate of drug-likeness (QED) is 0.360. The Morgan fingerprint density at radius 1 is 1.09 bits per heavy atom. The number of hydrogen-bond donors (Lipinski definition) is 2. The summed E-state index contributed by atoms with van der Waals surface area (Å²) in [7, 11) is 5.14. The smallest absolute Gasteiger partial charge is 0.343 e. The van der Waals surface area contributed by atoms with Gasteiger partial charge in [-0.2, -0.15) is 15.2 Å². The first kappa shape index (κ1) is 25.1. The van der Waals surface area contributed by atoms with Crippen molar-refractivity contribution >= 4 is 29.1 Å². The largest absolute Gasteiger partial charge is 0.494 e. The summed E-state index contributed by atoms with van der Waals surface area (Å²) >= 11 is 0. The van der Waals surface area contributed by atoms with Crippen LogP contribution >= 0.6 is 0 Å². The molecule has 0 aliphatic heterocycles. The van der Waals surface area contributed by atoms with Crippen molar-refractivity contribution in [1.29, 1.82) is 0 Å². The first-order valence-electron chi connectivity index (χ1n) is 11.1. The summed E-state index contributed by atoms with van der Waals surface area (Å²) in [6.07, 6.45) is 6.43. The third kappa shape index (κ3) is 5.91. The van der Waals surface area contributed by atoms with Crippen LogP contribution in [0.3, 0.4) is 0 Å². The number of carbonyl (C=O) groups is 1. The number of aryl methyl sites for hydroxylation is 2. The van der Waals surface area contributed by atoms with E-state index in [4.69, 9.17) is 9.47 Å². The molecular weight excluding hydrogens is 450 g/mol. The lowest BCUT2D eigenvalue weighted by Gasteiger charge is -2.16. The second kappa shape index (κ2) is 11.6. The van der Waals surface area contributed by atoms with E-state index in [-0.39, 0.29) is 23.9 Å². The van der Waals surface area contributed by atoms with Crippen LogP contribution in [0.1, 0.15) is 31.1 Å². The number of hydrogen-bond acceptors (Lipinski definition) is 10. The monoisotopic (exact) mass is 479 g/mol. The molecule has 184 valence electrons. The number of ether oxygens (including phenoxy) is 2. The van der Waals surface area contributed by atoms with E-state index in [1.807, 2.05) is 26.0 Å². The van der Waals surface area contributed by atoms with Gasteiger partial charge in [0.25, 0.3) is 0 Å². The Bertz CT molecular complexity index is 1280. The van der Waals surface area contributed by atoms with E-state index in [9.17, 15) is 4.79 Å². The van der Waals surface area contributed by atoms with E-state index in [1.165, 1.54) is 6.20 Å². The summed E-state index contributed by atoms with van der Waals surface area (Å²) in [5, 5.41) is 14.7. The minimum absolute atomic E-state index is 0.178. The number of esters is 1. The van der Waals surface area contributed by atoms with Gasteiger partial charge in [-0.15, -0.1) is 0 Å². The van der Waals surface area contributed by atoms with Gasteiger partial charge < -0.3 is 20.1 Å². The van der Waals surface area contributed by atoms with Crippen molar-refractivity contribution < 1.29 is 14.3 Å². The Kier molecular flexibility index (Phi) is 8.33. The molecule has 0 atom stereocenters. The van der Waals surface area contributed by atoms with E-state index in [0.717, 1.165) is 0 Å². The molecule has 12 heteroatoms. The molecule has 2 N–H and O–H groups in total. The predicted molar refractivity (Wildman–Crippen MR) is 132 cm³/mol. The lowest BCUT2D eigenvalue weighted by Crippen LogP contribution is -2.12. The van der Waals surface area contributed by atoms with E-state index in [2.05, 4.69) is 35.8 Å². The summed E-state index contributed by atoms with van der Waals surface area (Å²) in [6, 6.07) is 5.48. The number of benzene rings is 1. The first-order valence-corrected chi connectivity index (χ1v) is 11.1. The van der Waals surface area contributed by atoms with E-state index < -0.39 is 5.97 Å². The zero-order chi connectivity index (χ0) is 25.4. The summed E-state index contributed by atoms with van der Waals surface area (Å²) in [6.45, 7) is 5.95. The number of rotatable bonds is 8. The minimum Gasteiger partial charge on any atom is -0.494 e. The molecule has 4 aromatic rings. The van der Waals surface area contributed by atoms with Crippen LogP contribution in [0.25, 0.3) is 11.4 Å². The lowest BCUT2D eigenvalue weighted by atomic mass is 10.1. The van der Waals surface area contributed by atoms with Crippen molar-refractivity contribution in [3.63, 3.8) is 0 Å². The predicted octanol–water partition coefficient (Wildman–Crippen LogP) is 3.70. The molecule has 3 aromatic heterocycles. The van der Waals surface area contributed by atoms with Crippen LogP contribution < -0.4 is 15.4 Å². The van der Waals surface area contributed by atoms with Gasteiger partial charge in [0, 0.05) is 26.5 Å². The molecule has 4 rings (SSSR count). The first-order chi connectivity index (χ1) is 17.0. The van der Waals surface area contributed by atoms with Crippen LogP contribution in [0.2, 0.25) is 0 Å². The molecule has 0 aliphatic carbocycles. The van der Waals surface area contributed by atoms with Gasteiger partial charge in [0.05, 0.1) is 36.9 Å². The summed E-state index contributed by atoms with van der Waals surface area (Å²) < 4.78 is 14.1. The zero-order valence-corrected chi connectivity index (χ0v) is 20.6. The Labute approximate surface area is 203 Å². The molecule has 1 aromatic carbocycles. The zero-order valence-electron chi connectivity index (χ0n) is 20.6. The van der Waals surface area contributed by atoms with Crippen molar-refractivity contribution in [2.75, 3.05) is 24.4 Å². The summed E-state index contributed by atoms with van der Waals surface area (Å²) in [5.41, 5.74) is 2.13. The maximum absolute atomic E-state index is 12.5. The van der Waals surface area contributed by atoms with Crippen LogP contribution in [0.5, 0.6) is 5.75 Å². The minimum atomic E-state index is -0.547. The molecule has 0 radical (unpaired) electrons. The fraction of sp³-hybridized carbons (Fsp3) is 0.304. The molecule has 0 aliphatic rings.